The van der Waals surface area contributed by atoms with Crippen molar-refractivity contribution in [1.29, 1.82) is 0 Å². The highest BCUT2D eigenvalue weighted by molar-refractivity contribution is 5.30. The summed E-state index contributed by atoms with van der Waals surface area (Å²) < 4.78 is 45.7. The highest BCUT2D eigenvalue weighted by atomic mass is 19.4. The van der Waals surface area contributed by atoms with Crippen molar-refractivity contribution in [2.75, 3.05) is 13.2 Å². The van der Waals surface area contributed by atoms with Crippen LogP contribution < -0.4 is 4.74 Å². The lowest BCUT2D eigenvalue weighted by atomic mass is 10.1. The summed E-state index contributed by atoms with van der Waals surface area (Å²) in [6.07, 6.45) is -2.73. The summed E-state index contributed by atoms with van der Waals surface area (Å²) in [6.45, 7) is -1.43. The van der Waals surface area contributed by atoms with Crippen LogP contribution in [0.25, 0.3) is 0 Å². The summed E-state index contributed by atoms with van der Waals surface area (Å²) in [5.74, 6) is 0.681. The van der Waals surface area contributed by atoms with Crippen molar-refractivity contribution >= 4 is 0 Å². The summed E-state index contributed by atoms with van der Waals surface area (Å²) in [4.78, 5) is 0. The molecule has 2 rings (SSSR count). The molecule has 0 radical (unpaired) electrons. The van der Waals surface area contributed by atoms with Gasteiger partial charge in [0, 0.05) is 13.0 Å². The van der Waals surface area contributed by atoms with E-state index in [2.05, 4.69) is 4.74 Å². The minimum Gasteiger partial charge on any atom is -0.490 e. The van der Waals surface area contributed by atoms with Gasteiger partial charge in [-0.15, -0.1) is 0 Å². The molecular weight excluding hydrogens is 273 g/mol. The molecule has 0 aliphatic heterocycles. The van der Waals surface area contributed by atoms with Crippen molar-refractivity contribution in [3.63, 3.8) is 0 Å². The Kier molecular flexibility index (Phi) is 4.88. The molecular formula is C14H17F3O3. The van der Waals surface area contributed by atoms with Gasteiger partial charge in [0.25, 0.3) is 0 Å². The van der Waals surface area contributed by atoms with E-state index in [1.165, 1.54) is 0 Å². The lowest BCUT2D eigenvalue weighted by Crippen LogP contribution is -2.18. The van der Waals surface area contributed by atoms with Crippen LogP contribution in [0.5, 0.6) is 5.75 Å². The van der Waals surface area contributed by atoms with E-state index in [0.717, 1.165) is 12.8 Å². The third kappa shape index (κ3) is 5.38. The van der Waals surface area contributed by atoms with Gasteiger partial charge in [-0.3, -0.25) is 0 Å². The summed E-state index contributed by atoms with van der Waals surface area (Å²) >= 11 is 0. The fourth-order valence-corrected chi connectivity index (χ4v) is 1.72. The van der Waals surface area contributed by atoms with E-state index in [-0.39, 0.29) is 19.1 Å². The molecule has 112 valence electrons. The second-order valence-electron chi connectivity index (χ2n) is 4.86. The topological polar surface area (TPSA) is 38.7 Å². The fourth-order valence-electron chi connectivity index (χ4n) is 1.72. The van der Waals surface area contributed by atoms with E-state index in [1.807, 2.05) is 0 Å². The highest BCUT2D eigenvalue weighted by Crippen LogP contribution is 2.29. The van der Waals surface area contributed by atoms with Crippen LogP contribution >= 0.6 is 0 Å². The highest BCUT2D eigenvalue weighted by Gasteiger charge is 2.27. The van der Waals surface area contributed by atoms with Gasteiger partial charge in [0.2, 0.25) is 0 Å². The zero-order chi connectivity index (χ0) is 14.6. The summed E-state index contributed by atoms with van der Waals surface area (Å²) in [7, 11) is 0. The Balaban J connectivity index is 1.77. The van der Waals surface area contributed by atoms with E-state index in [4.69, 9.17) is 4.74 Å². The van der Waals surface area contributed by atoms with E-state index >= 15 is 0 Å². The molecule has 20 heavy (non-hydrogen) atoms. The molecule has 1 N–H and O–H groups in total. The summed E-state index contributed by atoms with van der Waals surface area (Å²) in [5, 5.41) is 9.91. The predicted molar refractivity (Wildman–Crippen MR) is 66.5 cm³/mol. The zero-order valence-electron chi connectivity index (χ0n) is 10.9. The molecule has 6 heteroatoms. The Bertz CT molecular complexity index is 430. The SMILES string of the molecule is OC(CCOCC(F)(F)F)c1cccc(OC2CC2)c1. The van der Waals surface area contributed by atoms with E-state index in [9.17, 15) is 18.3 Å². The second kappa shape index (κ2) is 6.45. The van der Waals surface area contributed by atoms with Gasteiger partial charge in [-0.05, 0) is 30.5 Å². The number of hydrogen-bond donors (Lipinski definition) is 1. The van der Waals surface area contributed by atoms with Gasteiger partial charge in [-0.1, -0.05) is 12.1 Å². The molecule has 1 aromatic rings. The van der Waals surface area contributed by atoms with Crippen molar-refractivity contribution in [2.45, 2.75) is 37.6 Å². The average Bonchev–Trinajstić information content (AvgIpc) is 3.17. The molecule has 0 heterocycles. The van der Waals surface area contributed by atoms with Crippen molar-refractivity contribution < 1.29 is 27.8 Å². The van der Waals surface area contributed by atoms with E-state index in [0.29, 0.717) is 11.3 Å². The predicted octanol–water partition coefficient (Wildman–Crippen LogP) is 3.23. The van der Waals surface area contributed by atoms with Crippen LogP contribution in [-0.2, 0) is 4.74 Å². The second-order valence-corrected chi connectivity index (χ2v) is 4.86. The first-order valence-corrected chi connectivity index (χ1v) is 6.53. The van der Waals surface area contributed by atoms with Crippen LogP contribution in [0, 0.1) is 0 Å². The van der Waals surface area contributed by atoms with Gasteiger partial charge in [0.15, 0.2) is 0 Å². The van der Waals surface area contributed by atoms with E-state index < -0.39 is 18.9 Å². The first-order valence-electron chi connectivity index (χ1n) is 6.53. The van der Waals surface area contributed by atoms with Crippen LogP contribution in [0.15, 0.2) is 24.3 Å². The number of rotatable bonds is 7. The number of aliphatic hydroxyl groups excluding tert-OH is 1. The maximum absolute atomic E-state index is 11.9. The number of alkyl halides is 3. The molecule has 3 nitrogen and oxygen atoms in total. The first kappa shape index (κ1) is 15.1. The number of ether oxygens (including phenoxy) is 2. The Morgan fingerprint density at radius 1 is 1.30 bits per heavy atom. The van der Waals surface area contributed by atoms with Crippen molar-refractivity contribution in [1.82, 2.24) is 0 Å². The fraction of sp³-hybridized carbons (Fsp3) is 0.571. The molecule has 0 amide bonds. The molecule has 1 fully saturated rings. The van der Waals surface area contributed by atoms with Gasteiger partial charge in [-0.25, -0.2) is 0 Å². The van der Waals surface area contributed by atoms with Crippen LogP contribution in [0.1, 0.15) is 30.9 Å². The van der Waals surface area contributed by atoms with Gasteiger partial charge in [0.05, 0.1) is 12.2 Å². The molecule has 0 aromatic heterocycles. The molecule has 1 saturated carbocycles. The molecule has 1 aromatic carbocycles. The van der Waals surface area contributed by atoms with Crippen LogP contribution in [0.3, 0.4) is 0 Å². The molecule has 1 aliphatic carbocycles. The largest absolute Gasteiger partial charge is 0.490 e. The first-order chi connectivity index (χ1) is 9.44. The smallest absolute Gasteiger partial charge is 0.411 e. The van der Waals surface area contributed by atoms with Gasteiger partial charge >= 0.3 is 6.18 Å². The minimum atomic E-state index is -4.33. The lowest BCUT2D eigenvalue weighted by molar-refractivity contribution is -0.175. The molecule has 0 spiro atoms. The average molecular weight is 290 g/mol. The number of hydrogen-bond acceptors (Lipinski definition) is 3. The third-order valence-electron chi connectivity index (χ3n) is 2.87. The van der Waals surface area contributed by atoms with E-state index in [1.54, 1.807) is 24.3 Å². The van der Waals surface area contributed by atoms with Gasteiger partial charge < -0.3 is 14.6 Å². The van der Waals surface area contributed by atoms with Crippen molar-refractivity contribution in [2.24, 2.45) is 0 Å². The lowest BCUT2D eigenvalue weighted by Gasteiger charge is -2.13. The maximum Gasteiger partial charge on any atom is 0.411 e. The summed E-state index contributed by atoms with van der Waals surface area (Å²) in [5.41, 5.74) is 0.624. The van der Waals surface area contributed by atoms with Gasteiger partial charge in [0.1, 0.15) is 12.4 Å². The monoisotopic (exact) mass is 290 g/mol. The molecule has 0 bridgehead atoms. The number of aliphatic hydroxyl groups is 1. The van der Waals surface area contributed by atoms with Gasteiger partial charge in [-0.2, -0.15) is 13.2 Å². The Hall–Kier alpha value is -1.27. The standard InChI is InChI=1S/C14H17F3O3/c15-14(16,17)9-19-7-6-13(18)10-2-1-3-12(8-10)20-11-4-5-11/h1-3,8,11,13,18H,4-7,9H2. The minimum absolute atomic E-state index is 0.114. The normalized spacial score (nSPS) is 17.0. The molecule has 1 atom stereocenters. The quantitative estimate of drug-likeness (QED) is 0.784. The third-order valence-corrected chi connectivity index (χ3v) is 2.87. The van der Waals surface area contributed by atoms with Crippen LogP contribution in [-0.4, -0.2) is 30.6 Å². The Morgan fingerprint density at radius 2 is 2.05 bits per heavy atom. The number of halogens is 3. The zero-order valence-corrected chi connectivity index (χ0v) is 10.9. The molecule has 1 aliphatic rings. The Morgan fingerprint density at radius 3 is 2.70 bits per heavy atom. The summed E-state index contributed by atoms with van der Waals surface area (Å²) in [6, 6.07) is 6.99. The van der Waals surface area contributed by atoms with Crippen LogP contribution in [0.4, 0.5) is 13.2 Å². The van der Waals surface area contributed by atoms with Crippen molar-refractivity contribution in [3.8, 4) is 5.75 Å². The molecule has 1 unspecified atom stereocenters. The molecule has 0 saturated heterocycles. The van der Waals surface area contributed by atoms with Crippen molar-refractivity contribution in [3.05, 3.63) is 29.8 Å². The number of benzene rings is 1. The van der Waals surface area contributed by atoms with Crippen LogP contribution in [0.2, 0.25) is 0 Å². The Labute approximate surface area is 115 Å². The maximum atomic E-state index is 11.9.